The minimum absolute atomic E-state index is 0.145. The highest BCUT2D eigenvalue weighted by atomic mass is 16.5. The van der Waals surface area contributed by atoms with Crippen LogP contribution in [0.3, 0.4) is 0 Å². The molecular formula is C15H28N2O3-2. The van der Waals surface area contributed by atoms with Crippen molar-refractivity contribution < 1.29 is 4.74 Å². The van der Waals surface area contributed by atoms with Crippen LogP contribution in [0.5, 0.6) is 0 Å². The van der Waals surface area contributed by atoms with E-state index in [9.17, 15) is 10.4 Å². The SMILES string of the molecule is CC[C@@H](CCC1CC(CC[C@H]2CC(C)N2[O-])N1[O-])OC. The lowest BCUT2D eigenvalue weighted by Crippen LogP contribution is -2.54. The minimum atomic E-state index is 0.145. The van der Waals surface area contributed by atoms with Crippen LogP contribution in [0.2, 0.25) is 0 Å². The van der Waals surface area contributed by atoms with Gasteiger partial charge < -0.3 is 25.3 Å². The van der Waals surface area contributed by atoms with Crippen molar-refractivity contribution in [3.8, 4) is 0 Å². The summed E-state index contributed by atoms with van der Waals surface area (Å²) in [5, 5.41) is 25.9. The van der Waals surface area contributed by atoms with Crippen molar-refractivity contribution in [3.63, 3.8) is 0 Å². The molecule has 3 unspecified atom stereocenters. The summed E-state index contributed by atoms with van der Waals surface area (Å²) in [6.45, 7) is 4.07. The molecule has 0 aromatic carbocycles. The molecule has 0 aliphatic carbocycles. The quantitative estimate of drug-likeness (QED) is 0.686. The maximum atomic E-state index is 12.0. The number of hydrogen-bond acceptors (Lipinski definition) is 5. The van der Waals surface area contributed by atoms with E-state index < -0.39 is 0 Å². The molecule has 0 aromatic heterocycles. The fraction of sp³-hybridized carbons (Fsp3) is 1.00. The van der Waals surface area contributed by atoms with Gasteiger partial charge in [0.25, 0.3) is 0 Å². The maximum Gasteiger partial charge on any atom is 0.0569 e. The third-order valence-electron chi connectivity index (χ3n) is 5.12. The van der Waals surface area contributed by atoms with Gasteiger partial charge >= 0.3 is 0 Å². The van der Waals surface area contributed by atoms with Gasteiger partial charge in [0, 0.05) is 7.11 Å². The van der Waals surface area contributed by atoms with Gasteiger partial charge in [-0.3, -0.25) is 0 Å². The van der Waals surface area contributed by atoms with Crippen LogP contribution in [0.1, 0.15) is 58.8 Å². The molecule has 0 amide bonds. The topological polar surface area (TPSA) is 61.8 Å². The zero-order valence-corrected chi connectivity index (χ0v) is 13.0. The molecule has 2 saturated heterocycles. The predicted molar refractivity (Wildman–Crippen MR) is 80.0 cm³/mol. The van der Waals surface area contributed by atoms with Crippen LogP contribution < -0.4 is 0 Å². The van der Waals surface area contributed by atoms with Gasteiger partial charge in [-0.15, -0.1) is 0 Å². The fourth-order valence-corrected chi connectivity index (χ4v) is 3.49. The third kappa shape index (κ3) is 3.52. The summed E-state index contributed by atoms with van der Waals surface area (Å²) >= 11 is 0. The maximum absolute atomic E-state index is 12.0. The predicted octanol–water partition coefficient (Wildman–Crippen LogP) is 2.87. The van der Waals surface area contributed by atoms with Gasteiger partial charge in [0.1, 0.15) is 0 Å². The van der Waals surface area contributed by atoms with Crippen molar-refractivity contribution in [1.82, 2.24) is 10.1 Å². The minimum Gasteiger partial charge on any atom is -0.785 e. The van der Waals surface area contributed by atoms with Crippen molar-refractivity contribution >= 4 is 0 Å². The van der Waals surface area contributed by atoms with Gasteiger partial charge in [-0.05, 0) is 69.1 Å². The highest BCUT2D eigenvalue weighted by Crippen LogP contribution is 2.34. The van der Waals surface area contributed by atoms with E-state index in [2.05, 4.69) is 6.92 Å². The largest absolute Gasteiger partial charge is 0.785 e. The van der Waals surface area contributed by atoms with E-state index in [4.69, 9.17) is 4.74 Å². The average Bonchev–Trinajstić information content (AvgIpc) is 2.47. The molecule has 5 heteroatoms. The van der Waals surface area contributed by atoms with Crippen LogP contribution in [0.4, 0.5) is 0 Å². The molecule has 2 aliphatic rings. The van der Waals surface area contributed by atoms with Crippen molar-refractivity contribution in [2.24, 2.45) is 0 Å². The van der Waals surface area contributed by atoms with Crippen LogP contribution >= 0.6 is 0 Å². The average molecular weight is 284 g/mol. The summed E-state index contributed by atoms with van der Waals surface area (Å²) in [5.74, 6) is 0. The second kappa shape index (κ2) is 7.18. The first-order chi connectivity index (χ1) is 9.56. The first kappa shape index (κ1) is 16.2. The summed E-state index contributed by atoms with van der Waals surface area (Å²) in [5.41, 5.74) is 0. The Kier molecular flexibility index (Phi) is 5.81. The smallest absolute Gasteiger partial charge is 0.0569 e. The lowest BCUT2D eigenvalue weighted by atomic mass is 9.85. The van der Waals surface area contributed by atoms with Crippen molar-refractivity contribution in [1.29, 1.82) is 0 Å². The Morgan fingerprint density at radius 3 is 2.10 bits per heavy atom. The third-order valence-corrected chi connectivity index (χ3v) is 5.12. The molecule has 5 nitrogen and oxygen atoms in total. The summed E-state index contributed by atoms with van der Waals surface area (Å²) in [4.78, 5) is 0. The van der Waals surface area contributed by atoms with Gasteiger partial charge in [-0.1, -0.05) is 13.8 Å². The first-order valence-corrected chi connectivity index (χ1v) is 8.00. The summed E-state index contributed by atoms with van der Waals surface area (Å²) in [6, 6.07) is 0.660. The molecule has 0 bridgehead atoms. The van der Waals surface area contributed by atoms with Gasteiger partial charge in [0.2, 0.25) is 0 Å². The molecule has 0 spiro atoms. The van der Waals surface area contributed by atoms with Gasteiger partial charge in [-0.2, -0.15) is 0 Å². The molecule has 0 radical (unpaired) electrons. The number of rotatable bonds is 8. The number of ether oxygens (including phenoxy) is 1. The van der Waals surface area contributed by atoms with Crippen molar-refractivity contribution in [2.45, 2.75) is 89.1 Å². The molecule has 2 heterocycles. The molecule has 0 aromatic rings. The monoisotopic (exact) mass is 284 g/mol. The van der Waals surface area contributed by atoms with Crippen LogP contribution in [-0.4, -0.2) is 47.5 Å². The number of hydroxylamine groups is 4. The van der Waals surface area contributed by atoms with Crippen molar-refractivity contribution in [3.05, 3.63) is 10.4 Å². The Balaban J connectivity index is 1.59. The summed E-state index contributed by atoms with van der Waals surface area (Å²) in [7, 11) is 1.74. The molecule has 2 aliphatic heterocycles. The van der Waals surface area contributed by atoms with Crippen LogP contribution in [0.15, 0.2) is 0 Å². The van der Waals surface area contributed by atoms with E-state index in [1.165, 1.54) is 10.1 Å². The Labute approximate surface area is 122 Å². The zero-order chi connectivity index (χ0) is 14.7. The van der Waals surface area contributed by atoms with Crippen LogP contribution in [-0.2, 0) is 4.74 Å². The van der Waals surface area contributed by atoms with Gasteiger partial charge in [0.05, 0.1) is 6.10 Å². The highest BCUT2D eigenvalue weighted by Gasteiger charge is 2.33. The second-order valence-corrected chi connectivity index (χ2v) is 6.42. The van der Waals surface area contributed by atoms with Crippen LogP contribution in [0, 0.1) is 10.4 Å². The van der Waals surface area contributed by atoms with E-state index >= 15 is 0 Å². The lowest BCUT2D eigenvalue weighted by Gasteiger charge is -2.57. The number of methoxy groups -OCH3 is 1. The van der Waals surface area contributed by atoms with E-state index in [0.29, 0.717) is 0 Å². The normalized spacial score (nSPS) is 36.5. The molecular weight excluding hydrogens is 256 g/mol. The number of hydrogen-bond donors (Lipinski definition) is 0. The van der Waals surface area contributed by atoms with Crippen molar-refractivity contribution in [2.75, 3.05) is 7.11 Å². The zero-order valence-electron chi connectivity index (χ0n) is 13.0. The molecule has 20 heavy (non-hydrogen) atoms. The molecule has 2 fully saturated rings. The molecule has 118 valence electrons. The second-order valence-electron chi connectivity index (χ2n) is 6.42. The van der Waals surface area contributed by atoms with E-state index in [1.807, 2.05) is 6.92 Å². The number of nitrogens with zero attached hydrogens (tertiary/aromatic N) is 2. The fourth-order valence-electron chi connectivity index (χ4n) is 3.49. The first-order valence-electron chi connectivity index (χ1n) is 8.00. The lowest BCUT2D eigenvalue weighted by molar-refractivity contribution is 0.0170. The Morgan fingerprint density at radius 2 is 1.65 bits per heavy atom. The van der Waals surface area contributed by atoms with E-state index in [0.717, 1.165) is 44.9 Å². The highest BCUT2D eigenvalue weighted by molar-refractivity contribution is 4.96. The van der Waals surface area contributed by atoms with E-state index in [1.54, 1.807) is 7.11 Å². The summed E-state index contributed by atoms with van der Waals surface area (Å²) in [6.07, 6.45) is 6.92. The van der Waals surface area contributed by atoms with Crippen LogP contribution in [0.25, 0.3) is 0 Å². The molecule has 5 atom stereocenters. The molecule has 0 N–H and O–H groups in total. The standard InChI is InChI=1S/C15H28N2O3/c1-4-15(20-3)8-7-14-10-13(17(14)19)6-5-12-9-11(2)16(12)18/h11-15H,4-10H2,1-3H3/q-2/t11?,12-,13?,14?,15-/m0/s1. The molecule has 0 saturated carbocycles. The Bertz CT molecular complexity index is 299. The Morgan fingerprint density at radius 1 is 1.05 bits per heavy atom. The van der Waals surface area contributed by atoms with Gasteiger partial charge in [0.15, 0.2) is 0 Å². The molecule has 2 rings (SSSR count). The summed E-state index contributed by atoms with van der Waals surface area (Å²) < 4.78 is 5.34. The van der Waals surface area contributed by atoms with E-state index in [-0.39, 0.29) is 30.3 Å². The Hall–Kier alpha value is -0.200. The van der Waals surface area contributed by atoms with Gasteiger partial charge in [-0.25, -0.2) is 0 Å².